The van der Waals surface area contributed by atoms with Crippen LogP contribution in [-0.2, 0) is 59.2 Å². The van der Waals surface area contributed by atoms with Crippen LogP contribution in [0.15, 0.2) is 24.3 Å². The van der Waals surface area contributed by atoms with Crippen molar-refractivity contribution in [3.8, 4) is 5.75 Å². The number of aliphatic carboxylic acids is 1. The Hall–Kier alpha value is -7.01. The molecule has 0 spiro atoms. The van der Waals surface area contributed by atoms with Gasteiger partial charge in [0.2, 0.25) is 53.2 Å². The summed E-state index contributed by atoms with van der Waals surface area (Å²) < 4.78 is 0. The predicted molar refractivity (Wildman–Crippen MR) is 272 cm³/mol. The Bertz CT molecular complexity index is 2170. The first-order valence-electron chi connectivity index (χ1n) is 25.6. The van der Waals surface area contributed by atoms with E-state index in [9.17, 15) is 68.1 Å². The number of nitrogens with zero attached hydrogens (tertiary/aromatic N) is 1. The van der Waals surface area contributed by atoms with E-state index in [0.717, 1.165) is 5.01 Å². The van der Waals surface area contributed by atoms with Crippen molar-refractivity contribution in [3.05, 3.63) is 29.8 Å². The van der Waals surface area contributed by atoms with Gasteiger partial charge >= 0.3 is 5.97 Å². The number of hydrogen-bond donors (Lipinski definition) is 16. The van der Waals surface area contributed by atoms with E-state index in [2.05, 4.69) is 53.5 Å². The molecule has 0 radical (unpaired) electrons. The van der Waals surface area contributed by atoms with E-state index in [0.29, 0.717) is 31.4 Å². The minimum atomic E-state index is -1.79. The standard InChI is InChI=1S/C48H78N14O14/c1-26(2)39(48(75)76)58-44(71)33-17-18-36(65)53-23-19-37(66)52-22-9-6-12-32(43(70)59-40(27(3)63)46(73)56-33)54-42(69)31(11-5-8-21-50)55-45(72)35(24-28-13-15-29(64)16-14-28)62-47(74)34(25-38(67)60-61-62)57-41(68)30(51)10-4-7-20-49/h13-16,26-27,30-35,39-40,61,63-64H,4-12,17-25,49-51H2,1-3H3,(H,52,66)(H,53,65)(H,54,69)(H,55,72)(H,56,73)(H,57,68)(H,58,71)(H,59,70)(H,60,67)(H,75,76)/t27?,30?,31-,32?,33?,34-,35?,39-,40-/m0/s1. The van der Waals surface area contributed by atoms with Crippen molar-refractivity contribution in [2.45, 2.75) is 165 Å². The number of carbonyl (C=O) groups is 11. The molecule has 0 saturated carbocycles. The van der Waals surface area contributed by atoms with Gasteiger partial charge in [-0.2, -0.15) is 0 Å². The Balaban J connectivity index is 2.01. The molecule has 2 aliphatic heterocycles. The molecule has 28 nitrogen and oxygen atoms in total. The van der Waals surface area contributed by atoms with Gasteiger partial charge in [-0.05, 0) is 101 Å². The number of hydrogen-bond acceptors (Lipinski definition) is 17. The summed E-state index contributed by atoms with van der Waals surface area (Å²) in [6.45, 7) is 4.85. The molecular weight excluding hydrogens is 997 g/mol. The van der Waals surface area contributed by atoms with Crippen LogP contribution in [0, 0.1) is 5.92 Å². The molecule has 1 aromatic rings. The summed E-state index contributed by atoms with van der Waals surface area (Å²) >= 11 is 0. The van der Waals surface area contributed by atoms with Gasteiger partial charge < -0.3 is 75.1 Å². The highest BCUT2D eigenvalue weighted by Crippen LogP contribution is 2.17. The van der Waals surface area contributed by atoms with Crippen LogP contribution >= 0.6 is 0 Å². The fourth-order valence-corrected chi connectivity index (χ4v) is 8.08. The normalized spacial score (nSPS) is 21.7. The van der Waals surface area contributed by atoms with Gasteiger partial charge in [0, 0.05) is 32.4 Å². The maximum Gasteiger partial charge on any atom is 0.326 e. The number of rotatable bonds is 22. The fourth-order valence-electron chi connectivity index (χ4n) is 8.08. The lowest BCUT2D eigenvalue weighted by molar-refractivity contribution is -0.148. The van der Waals surface area contributed by atoms with Crippen molar-refractivity contribution in [3.63, 3.8) is 0 Å². The Kier molecular flexibility index (Phi) is 27.0. The summed E-state index contributed by atoms with van der Waals surface area (Å²) in [4.78, 5) is 149. The lowest BCUT2D eigenvalue weighted by atomic mass is 10.0. The highest BCUT2D eigenvalue weighted by atomic mass is 16.4. The van der Waals surface area contributed by atoms with E-state index in [4.69, 9.17) is 17.2 Å². The highest BCUT2D eigenvalue weighted by Gasteiger charge is 2.41. The fraction of sp³-hybridized carbons (Fsp3) is 0.646. The number of unbranched alkanes of at least 4 members (excludes halogenated alkanes) is 2. The number of aromatic hydroxyl groups is 1. The van der Waals surface area contributed by atoms with E-state index in [-0.39, 0.29) is 89.6 Å². The maximum atomic E-state index is 14.7. The average molecular weight is 1080 g/mol. The number of phenols is 1. The molecule has 1 aromatic carbocycles. The van der Waals surface area contributed by atoms with Crippen molar-refractivity contribution in [2.75, 3.05) is 26.2 Å². The molecule has 2 saturated heterocycles. The molecule has 5 unspecified atom stereocenters. The number of carbonyl (C=O) groups excluding carboxylic acids is 10. The van der Waals surface area contributed by atoms with Crippen LogP contribution in [0.5, 0.6) is 5.75 Å². The zero-order valence-electron chi connectivity index (χ0n) is 43.3. The molecule has 424 valence electrons. The topological polar surface area (TPSA) is 450 Å². The molecule has 0 aromatic heterocycles. The Morgan fingerprint density at radius 1 is 0.737 bits per heavy atom. The quantitative estimate of drug-likeness (QED) is 0.0485. The van der Waals surface area contributed by atoms with Gasteiger partial charge in [-0.1, -0.05) is 32.4 Å². The van der Waals surface area contributed by atoms with Gasteiger partial charge in [0.1, 0.15) is 48.0 Å². The monoisotopic (exact) mass is 1070 g/mol. The van der Waals surface area contributed by atoms with Gasteiger partial charge in [0.25, 0.3) is 5.91 Å². The zero-order chi connectivity index (χ0) is 56.5. The van der Waals surface area contributed by atoms with Crippen molar-refractivity contribution in [2.24, 2.45) is 23.1 Å². The molecule has 2 heterocycles. The van der Waals surface area contributed by atoms with E-state index < -0.39 is 132 Å². The van der Waals surface area contributed by atoms with Gasteiger partial charge in [-0.25, -0.2) is 9.80 Å². The zero-order valence-corrected chi connectivity index (χ0v) is 43.3. The van der Waals surface area contributed by atoms with Crippen molar-refractivity contribution in [1.82, 2.24) is 58.5 Å². The molecule has 2 aliphatic rings. The molecule has 3 rings (SSSR count). The summed E-state index contributed by atoms with van der Waals surface area (Å²) in [6, 6.07) is -6.22. The second kappa shape index (κ2) is 32.4. The summed E-state index contributed by atoms with van der Waals surface area (Å²) in [7, 11) is 0. The minimum Gasteiger partial charge on any atom is -0.508 e. The molecular formula is C48H78N14O14. The molecule has 2 fully saturated rings. The molecule has 0 aliphatic carbocycles. The summed E-state index contributed by atoms with van der Waals surface area (Å²) in [5, 5.41) is 51.7. The Labute approximate surface area is 440 Å². The summed E-state index contributed by atoms with van der Waals surface area (Å²) in [5.74, 6) is -10.5. The molecule has 76 heavy (non-hydrogen) atoms. The number of aliphatic hydroxyl groups is 1. The third kappa shape index (κ3) is 21.3. The smallest absolute Gasteiger partial charge is 0.326 e. The average Bonchev–Trinajstić information content (AvgIpc) is 3.50. The van der Waals surface area contributed by atoms with Crippen molar-refractivity contribution >= 4 is 65.0 Å². The minimum absolute atomic E-state index is 0.0705. The summed E-state index contributed by atoms with van der Waals surface area (Å²) in [6.07, 6.45) is -1.11. The van der Waals surface area contributed by atoms with Crippen LogP contribution < -0.4 is 70.7 Å². The lowest BCUT2D eigenvalue weighted by Crippen LogP contribution is -2.64. The number of carboxylic acids is 1. The van der Waals surface area contributed by atoms with Crippen molar-refractivity contribution in [1.29, 1.82) is 0 Å². The predicted octanol–water partition coefficient (Wildman–Crippen LogP) is -4.73. The van der Waals surface area contributed by atoms with Gasteiger partial charge in [-0.15, -0.1) is 5.53 Å². The Morgan fingerprint density at radius 3 is 2.00 bits per heavy atom. The van der Waals surface area contributed by atoms with Gasteiger partial charge in [-0.3, -0.25) is 53.4 Å². The molecule has 19 N–H and O–H groups in total. The number of nitrogens with one attached hydrogen (secondary N) is 10. The first-order chi connectivity index (χ1) is 36.1. The number of carboxylic acid groups (broad SMARTS) is 1. The molecule has 28 heteroatoms. The number of amides is 10. The Morgan fingerprint density at radius 2 is 1.37 bits per heavy atom. The summed E-state index contributed by atoms with van der Waals surface area (Å²) in [5.41, 5.74) is 22.7. The molecule has 9 atom stereocenters. The van der Waals surface area contributed by atoms with E-state index in [1.54, 1.807) is 0 Å². The van der Waals surface area contributed by atoms with Crippen LogP contribution in [-0.4, -0.2) is 166 Å². The van der Waals surface area contributed by atoms with E-state index >= 15 is 0 Å². The molecule has 0 bridgehead atoms. The van der Waals surface area contributed by atoms with Crippen molar-refractivity contribution < 1.29 is 68.1 Å². The lowest BCUT2D eigenvalue weighted by Gasteiger charge is -2.33. The maximum absolute atomic E-state index is 14.7. The SMILES string of the molecule is CC(C)[C@H](NC(=O)C1CCC(=O)NCCC(=O)NCCCCC(NC(=O)[C@H](CCCCN)NC(=O)C(Cc2ccc(O)cc2)N2NNC(=O)C[C@H](NC(=O)C(N)CCCCN)C2=O)C(=O)N[C@@H](C(C)O)C(=O)N1)C(=O)O. The largest absolute Gasteiger partial charge is 0.508 e. The second-order valence-electron chi connectivity index (χ2n) is 19.2. The van der Waals surface area contributed by atoms with Crippen LogP contribution in [0.2, 0.25) is 0 Å². The number of benzene rings is 1. The van der Waals surface area contributed by atoms with Crippen LogP contribution in [0.25, 0.3) is 0 Å². The first-order valence-corrected chi connectivity index (χ1v) is 25.6. The number of phenolic OH excluding ortho intramolecular Hbond substituents is 1. The van der Waals surface area contributed by atoms with E-state index in [1.807, 2.05) is 0 Å². The molecule has 10 amide bonds. The second-order valence-corrected chi connectivity index (χ2v) is 19.2. The van der Waals surface area contributed by atoms with E-state index in [1.165, 1.54) is 45.0 Å². The number of aliphatic hydroxyl groups excluding tert-OH is 1. The van der Waals surface area contributed by atoms with Crippen LogP contribution in [0.3, 0.4) is 0 Å². The number of hydrazine groups is 2. The number of nitrogens with two attached hydrogens (primary N) is 3. The third-order valence-electron chi connectivity index (χ3n) is 12.6. The first kappa shape index (κ1) is 63.3. The highest BCUT2D eigenvalue weighted by molar-refractivity contribution is 5.99. The van der Waals surface area contributed by atoms with Gasteiger partial charge in [0.05, 0.1) is 18.6 Å². The van der Waals surface area contributed by atoms with Gasteiger partial charge in [0.15, 0.2) is 0 Å². The van der Waals surface area contributed by atoms with Crippen LogP contribution in [0.4, 0.5) is 0 Å². The van der Waals surface area contributed by atoms with Crippen LogP contribution in [0.1, 0.15) is 110 Å². The third-order valence-corrected chi connectivity index (χ3v) is 12.6.